The van der Waals surface area contributed by atoms with Gasteiger partial charge in [-0.05, 0) is 55.5 Å². The van der Waals surface area contributed by atoms with Gasteiger partial charge in [-0.15, -0.1) is 0 Å². The fraction of sp³-hybridized carbons (Fsp3) is 0.250. The number of hydrogen-bond donors (Lipinski definition) is 1. The van der Waals surface area contributed by atoms with Crippen LogP contribution in [0.15, 0.2) is 54.6 Å². The topological polar surface area (TPSA) is 103 Å². The number of anilines is 1. The number of halogens is 2. The summed E-state index contributed by atoms with van der Waals surface area (Å²) in [6.07, 6.45) is 0. The summed E-state index contributed by atoms with van der Waals surface area (Å²) in [4.78, 5) is 40.6. The number of ether oxygens (including phenoxy) is 4. The fourth-order valence-electron chi connectivity index (χ4n) is 4.21. The van der Waals surface area contributed by atoms with Crippen molar-refractivity contribution < 1.29 is 33.3 Å². The van der Waals surface area contributed by atoms with E-state index in [1.807, 2.05) is 0 Å². The van der Waals surface area contributed by atoms with Gasteiger partial charge >= 0.3 is 5.97 Å². The average molecular weight is 573 g/mol. The second kappa shape index (κ2) is 12.3. The van der Waals surface area contributed by atoms with Gasteiger partial charge in [0.25, 0.3) is 11.8 Å². The molecular weight excluding hydrogens is 547 g/mol. The normalized spacial score (nSPS) is 14.5. The third-order valence-corrected chi connectivity index (χ3v) is 6.55. The summed E-state index contributed by atoms with van der Waals surface area (Å²) >= 11 is 12.7. The van der Waals surface area contributed by atoms with Crippen LogP contribution in [0.25, 0.3) is 0 Å². The van der Waals surface area contributed by atoms with E-state index >= 15 is 0 Å². The maximum absolute atomic E-state index is 13.8. The van der Waals surface area contributed by atoms with Gasteiger partial charge in [-0.2, -0.15) is 0 Å². The van der Waals surface area contributed by atoms with E-state index in [2.05, 4.69) is 5.32 Å². The second-order valence-corrected chi connectivity index (χ2v) is 9.33. The molecule has 1 heterocycles. The maximum atomic E-state index is 13.8. The van der Waals surface area contributed by atoms with E-state index in [1.54, 1.807) is 43.3 Å². The molecule has 1 atom stereocenters. The lowest BCUT2D eigenvalue weighted by Crippen LogP contribution is -2.41. The van der Waals surface area contributed by atoms with Gasteiger partial charge in [0.1, 0.15) is 23.3 Å². The summed E-state index contributed by atoms with van der Waals surface area (Å²) in [6.45, 7) is 1.63. The average Bonchev–Trinajstić information content (AvgIpc) is 3.05. The van der Waals surface area contributed by atoms with Crippen molar-refractivity contribution in [3.63, 3.8) is 0 Å². The van der Waals surface area contributed by atoms with Gasteiger partial charge in [0.15, 0.2) is 6.61 Å². The minimum Gasteiger partial charge on any atom is -0.497 e. The standard InChI is InChI=1S/C28H26Cl2N2O7/c1-4-38-28(35)16-5-8-19(9-6-16)31-27(34)25-21-11-18(29)12-22(30)26(21)39-15-24(33)32(25)14-17-7-10-20(36-2)13-23(17)37-3/h5-13,25H,4,14-15H2,1-3H3,(H,31,34). The van der Waals surface area contributed by atoms with Crippen LogP contribution in [0.3, 0.4) is 0 Å². The van der Waals surface area contributed by atoms with Gasteiger partial charge in [0, 0.05) is 27.9 Å². The molecule has 1 unspecified atom stereocenters. The van der Waals surface area contributed by atoms with Crippen LogP contribution in [0.1, 0.15) is 34.5 Å². The van der Waals surface area contributed by atoms with Crippen molar-refractivity contribution >= 4 is 46.7 Å². The van der Waals surface area contributed by atoms with Gasteiger partial charge in [-0.3, -0.25) is 9.59 Å². The molecule has 1 N–H and O–H groups in total. The molecule has 0 saturated heterocycles. The van der Waals surface area contributed by atoms with Crippen LogP contribution in [0, 0.1) is 0 Å². The molecule has 0 bridgehead atoms. The minimum absolute atomic E-state index is 0.0127. The molecule has 3 aromatic rings. The van der Waals surface area contributed by atoms with Crippen molar-refractivity contribution in [2.75, 3.05) is 32.8 Å². The smallest absolute Gasteiger partial charge is 0.338 e. The minimum atomic E-state index is -1.16. The largest absolute Gasteiger partial charge is 0.497 e. The van der Waals surface area contributed by atoms with Gasteiger partial charge in [-0.25, -0.2) is 4.79 Å². The van der Waals surface area contributed by atoms with E-state index in [0.29, 0.717) is 33.9 Å². The predicted molar refractivity (Wildman–Crippen MR) is 146 cm³/mol. The summed E-state index contributed by atoms with van der Waals surface area (Å²) in [6, 6.07) is 13.3. The molecule has 11 heteroatoms. The first kappa shape index (κ1) is 28.1. The monoisotopic (exact) mass is 572 g/mol. The van der Waals surface area contributed by atoms with E-state index in [9.17, 15) is 14.4 Å². The van der Waals surface area contributed by atoms with Crippen molar-refractivity contribution in [1.82, 2.24) is 4.90 Å². The van der Waals surface area contributed by atoms with Crippen molar-refractivity contribution in [3.8, 4) is 17.2 Å². The molecule has 39 heavy (non-hydrogen) atoms. The molecule has 0 aliphatic carbocycles. The van der Waals surface area contributed by atoms with Gasteiger partial charge in [0.05, 0.1) is 38.0 Å². The van der Waals surface area contributed by atoms with Crippen LogP contribution >= 0.6 is 23.2 Å². The lowest BCUT2D eigenvalue weighted by atomic mass is 10.0. The molecule has 9 nitrogen and oxygen atoms in total. The van der Waals surface area contributed by atoms with E-state index in [0.717, 1.165) is 0 Å². The van der Waals surface area contributed by atoms with Crippen LogP contribution in [0.2, 0.25) is 10.0 Å². The zero-order valence-corrected chi connectivity index (χ0v) is 23.0. The first-order valence-corrected chi connectivity index (χ1v) is 12.7. The number of nitrogens with zero attached hydrogens (tertiary/aromatic N) is 1. The number of nitrogens with one attached hydrogen (secondary N) is 1. The van der Waals surface area contributed by atoms with Crippen LogP contribution in [0.5, 0.6) is 17.2 Å². The first-order valence-electron chi connectivity index (χ1n) is 12.0. The Hall–Kier alpha value is -3.95. The van der Waals surface area contributed by atoms with E-state index in [-0.39, 0.29) is 35.6 Å². The third kappa shape index (κ3) is 6.21. The number of benzene rings is 3. The number of carbonyl (C=O) groups is 3. The Balaban J connectivity index is 1.73. The van der Waals surface area contributed by atoms with E-state index in [4.69, 9.17) is 42.1 Å². The molecule has 0 aromatic heterocycles. The maximum Gasteiger partial charge on any atom is 0.338 e. The highest BCUT2D eigenvalue weighted by Gasteiger charge is 2.38. The molecule has 4 rings (SSSR count). The van der Waals surface area contributed by atoms with Crippen LogP contribution in [-0.2, 0) is 20.9 Å². The molecular formula is C28H26Cl2N2O7. The molecule has 0 fully saturated rings. The number of rotatable bonds is 8. The Bertz CT molecular complexity index is 1400. The number of fused-ring (bicyclic) bond motifs is 1. The molecule has 0 radical (unpaired) electrons. The highest BCUT2D eigenvalue weighted by Crippen LogP contribution is 2.41. The highest BCUT2D eigenvalue weighted by molar-refractivity contribution is 6.35. The second-order valence-electron chi connectivity index (χ2n) is 8.48. The number of methoxy groups -OCH3 is 2. The van der Waals surface area contributed by atoms with E-state index < -0.39 is 23.8 Å². The van der Waals surface area contributed by atoms with Crippen LogP contribution in [0.4, 0.5) is 5.69 Å². The fourth-order valence-corrected chi connectivity index (χ4v) is 4.77. The van der Waals surface area contributed by atoms with Gasteiger partial charge in [0.2, 0.25) is 0 Å². The number of hydrogen-bond acceptors (Lipinski definition) is 7. The highest BCUT2D eigenvalue weighted by atomic mass is 35.5. The molecule has 2 amide bonds. The summed E-state index contributed by atoms with van der Waals surface area (Å²) in [7, 11) is 3.04. The number of esters is 1. The Kier molecular flexibility index (Phi) is 8.83. The SMILES string of the molecule is CCOC(=O)c1ccc(NC(=O)C2c3cc(Cl)cc(Cl)c3OCC(=O)N2Cc2ccc(OC)cc2OC)cc1. The number of carbonyl (C=O) groups excluding carboxylic acids is 3. The first-order chi connectivity index (χ1) is 18.7. The van der Waals surface area contributed by atoms with Crippen molar-refractivity contribution in [3.05, 3.63) is 81.3 Å². The summed E-state index contributed by atoms with van der Waals surface area (Å²) in [5.41, 5.74) is 1.71. The number of amides is 2. The molecule has 1 aliphatic heterocycles. The lowest BCUT2D eigenvalue weighted by molar-refractivity contribution is -0.140. The van der Waals surface area contributed by atoms with E-state index in [1.165, 1.54) is 37.3 Å². The zero-order valence-electron chi connectivity index (χ0n) is 21.5. The zero-order chi connectivity index (χ0) is 28.1. The molecule has 0 saturated carbocycles. The van der Waals surface area contributed by atoms with Crippen LogP contribution in [-0.4, -0.2) is 50.1 Å². The quantitative estimate of drug-likeness (QED) is 0.366. The molecule has 0 spiro atoms. The van der Waals surface area contributed by atoms with Crippen molar-refractivity contribution in [2.45, 2.75) is 19.5 Å². The summed E-state index contributed by atoms with van der Waals surface area (Å²) in [5.74, 6) is -0.217. The Morgan fingerprint density at radius 1 is 1.05 bits per heavy atom. The summed E-state index contributed by atoms with van der Waals surface area (Å²) < 4.78 is 21.5. The Morgan fingerprint density at radius 2 is 1.79 bits per heavy atom. The molecule has 204 valence electrons. The Morgan fingerprint density at radius 3 is 2.46 bits per heavy atom. The third-order valence-electron chi connectivity index (χ3n) is 6.05. The van der Waals surface area contributed by atoms with Gasteiger partial charge < -0.3 is 29.2 Å². The Labute approximate surface area is 235 Å². The summed E-state index contributed by atoms with van der Waals surface area (Å²) in [5, 5.41) is 3.27. The van der Waals surface area contributed by atoms with Gasteiger partial charge in [-0.1, -0.05) is 23.2 Å². The van der Waals surface area contributed by atoms with Crippen molar-refractivity contribution in [1.29, 1.82) is 0 Å². The van der Waals surface area contributed by atoms with Crippen LogP contribution < -0.4 is 19.5 Å². The lowest BCUT2D eigenvalue weighted by Gasteiger charge is -2.30. The molecule has 3 aromatic carbocycles. The van der Waals surface area contributed by atoms with Crippen molar-refractivity contribution in [2.24, 2.45) is 0 Å². The molecule has 1 aliphatic rings. The predicted octanol–water partition coefficient (Wildman–Crippen LogP) is 5.29.